The van der Waals surface area contributed by atoms with E-state index in [1.807, 2.05) is 11.8 Å². The van der Waals surface area contributed by atoms with Crippen LogP contribution < -0.4 is 0 Å². The number of ether oxygens (including phenoxy) is 1. The summed E-state index contributed by atoms with van der Waals surface area (Å²) in [6, 6.07) is 0. The number of piperidine rings is 1. The van der Waals surface area contributed by atoms with Crippen LogP contribution in [-0.2, 0) is 16.1 Å². The minimum absolute atomic E-state index is 0.0738. The summed E-state index contributed by atoms with van der Waals surface area (Å²) in [6.45, 7) is 11.1. The summed E-state index contributed by atoms with van der Waals surface area (Å²) < 4.78 is 7.78. The highest BCUT2D eigenvalue weighted by Crippen LogP contribution is 2.31. The van der Waals surface area contributed by atoms with E-state index >= 15 is 0 Å². The van der Waals surface area contributed by atoms with E-state index in [1.165, 1.54) is 0 Å². The van der Waals surface area contributed by atoms with Crippen LogP contribution in [0.1, 0.15) is 44.9 Å². The third kappa shape index (κ3) is 3.17. The predicted molar refractivity (Wildman–Crippen MR) is 86.9 cm³/mol. The molecule has 1 amide bonds. The number of carbonyl (C=O) groups excluding carboxylic acids is 1. The fourth-order valence-electron chi connectivity index (χ4n) is 3.77. The number of rotatable bonds is 4. The van der Waals surface area contributed by atoms with Gasteiger partial charge in [0.2, 0.25) is 5.91 Å². The number of aryl methyl sites for hydroxylation is 1. The van der Waals surface area contributed by atoms with E-state index in [0.717, 1.165) is 50.3 Å². The van der Waals surface area contributed by atoms with E-state index in [-0.39, 0.29) is 23.8 Å². The van der Waals surface area contributed by atoms with Gasteiger partial charge in [-0.05, 0) is 33.1 Å². The molecule has 0 radical (unpaired) electrons. The number of nitrogens with zero attached hydrogens (tertiary/aromatic N) is 4. The van der Waals surface area contributed by atoms with Crippen LogP contribution >= 0.6 is 0 Å². The molecule has 0 unspecified atom stereocenters. The number of likely N-dealkylation sites (tertiary alicyclic amines) is 1. The van der Waals surface area contributed by atoms with Crippen molar-refractivity contribution in [2.24, 2.45) is 5.92 Å². The number of hydrogen-bond donors (Lipinski definition) is 0. The summed E-state index contributed by atoms with van der Waals surface area (Å²) in [5.74, 6) is 1.42. The van der Waals surface area contributed by atoms with E-state index in [4.69, 9.17) is 4.74 Å². The molecule has 126 valence electrons. The molecule has 2 aliphatic rings. The second-order valence-corrected chi connectivity index (χ2v) is 6.63. The lowest BCUT2D eigenvalue weighted by atomic mass is 9.92. The zero-order valence-electron chi connectivity index (χ0n) is 14.1. The van der Waals surface area contributed by atoms with Gasteiger partial charge < -0.3 is 14.2 Å². The zero-order chi connectivity index (χ0) is 16.4. The van der Waals surface area contributed by atoms with Gasteiger partial charge in [-0.3, -0.25) is 4.79 Å². The summed E-state index contributed by atoms with van der Waals surface area (Å²) >= 11 is 0. The standard InChI is InChI=1S/C17H26N4O2/c1-4-20-11-18-19-16(20)13-6-5-8-21(10-13)17(22)14-7-9-23-15(14)12(2)3/h11,13-15H,2,4-10H2,1,3H3/t13-,14-,15-/m1/s1. The quantitative estimate of drug-likeness (QED) is 0.797. The van der Waals surface area contributed by atoms with Gasteiger partial charge in [0.25, 0.3) is 0 Å². The largest absolute Gasteiger partial charge is 0.373 e. The van der Waals surface area contributed by atoms with Crippen molar-refractivity contribution in [1.82, 2.24) is 19.7 Å². The van der Waals surface area contributed by atoms with Crippen LogP contribution in [0.4, 0.5) is 0 Å². The lowest BCUT2D eigenvalue weighted by Crippen LogP contribution is -2.44. The SMILES string of the molecule is C=C(C)[C@H]1OCC[C@H]1C(=O)N1CCC[C@@H](c2nncn2CC)C1. The molecular weight excluding hydrogens is 292 g/mol. The van der Waals surface area contributed by atoms with Gasteiger partial charge in [0.05, 0.1) is 12.0 Å². The molecule has 0 spiro atoms. The van der Waals surface area contributed by atoms with Gasteiger partial charge in [0.1, 0.15) is 12.2 Å². The third-order valence-corrected chi connectivity index (χ3v) is 4.98. The number of hydrogen-bond acceptors (Lipinski definition) is 4. The normalized spacial score (nSPS) is 28.1. The van der Waals surface area contributed by atoms with Crippen LogP contribution in [0.2, 0.25) is 0 Å². The Balaban J connectivity index is 1.71. The maximum absolute atomic E-state index is 12.9. The first-order chi connectivity index (χ1) is 11.1. The van der Waals surface area contributed by atoms with Crippen LogP contribution in [0.25, 0.3) is 0 Å². The van der Waals surface area contributed by atoms with Crippen LogP contribution in [0.5, 0.6) is 0 Å². The summed E-state index contributed by atoms with van der Waals surface area (Å²) in [7, 11) is 0. The summed E-state index contributed by atoms with van der Waals surface area (Å²) in [5, 5.41) is 8.31. The second-order valence-electron chi connectivity index (χ2n) is 6.63. The van der Waals surface area contributed by atoms with Crippen LogP contribution in [-0.4, -0.2) is 51.4 Å². The molecule has 3 heterocycles. The van der Waals surface area contributed by atoms with Gasteiger partial charge in [-0.2, -0.15) is 0 Å². The van der Waals surface area contributed by atoms with Crippen LogP contribution in [0, 0.1) is 5.92 Å². The Morgan fingerprint density at radius 2 is 2.30 bits per heavy atom. The van der Waals surface area contributed by atoms with Gasteiger partial charge >= 0.3 is 0 Å². The molecule has 6 heteroatoms. The van der Waals surface area contributed by atoms with Gasteiger partial charge in [0.15, 0.2) is 0 Å². The highest BCUT2D eigenvalue weighted by molar-refractivity contribution is 5.80. The Morgan fingerprint density at radius 3 is 3.04 bits per heavy atom. The lowest BCUT2D eigenvalue weighted by molar-refractivity contribution is -0.138. The minimum Gasteiger partial charge on any atom is -0.373 e. The molecule has 2 fully saturated rings. The highest BCUT2D eigenvalue weighted by Gasteiger charge is 2.38. The first-order valence-corrected chi connectivity index (χ1v) is 8.55. The maximum Gasteiger partial charge on any atom is 0.228 e. The van der Waals surface area contributed by atoms with E-state index < -0.39 is 0 Å². The van der Waals surface area contributed by atoms with Gasteiger partial charge in [-0.1, -0.05) is 12.2 Å². The highest BCUT2D eigenvalue weighted by atomic mass is 16.5. The van der Waals surface area contributed by atoms with Crippen molar-refractivity contribution in [2.45, 2.75) is 51.7 Å². The van der Waals surface area contributed by atoms with Crippen molar-refractivity contribution in [3.63, 3.8) is 0 Å². The van der Waals surface area contributed by atoms with Crippen molar-refractivity contribution in [3.05, 3.63) is 24.3 Å². The Bertz CT molecular complexity index is 583. The zero-order valence-corrected chi connectivity index (χ0v) is 14.1. The van der Waals surface area contributed by atoms with Gasteiger partial charge in [-0.15, -0.1) is 10.2 Å². The summed E-state index contributed by atoms with van der Waals surface area (Å²) in [4.78, 5) is 14.9. The number of aromatic nitrogens is 3. The molecule has 3 atom stereocenters. The second kappa shape index (κ2) is 6.83. The average Bonchev–Trinajstić information content (AvgIpc) is 3.23. The van der Waals surface area contributed by atoms with Gasteiger partial charge in [-0.25, -0.2) is 0 Å². The molecule has 0 bridgehead atoms. The summed E-state index contributed by atoms with van der Waals surface area (Å²) in [5.41, 5.74) is 0.945. The topological polar surface area (TPSA) is 60.2 Å². The van der Waals surface area contributed by atoms with E-state index in [0.29, 0.717) is 6.61 Å². The monoisotopic (exact) mass is 318 g/mol. The smallest absolute Gasteiger partial charge is 0.228 e. The fourth-order valence-corrected chi connectivity index (χ4v) is 3.77. The van der Waals surface area contributed by atoms with Crippen molar-refractivity contribution >= 4 is 5.91 Å². The van der Waals surface area contributed by atoms with Crippen molar-refractivity contribution in [2.75, 3.05) is 19.7 Å². The number of amides is 1. The summed E-state index contributed by atoms with van der Waals surface area (Å²) in [6.07, 6.45) is 4.52. The molecular formula is C17H26N4O2. The molecule has 0 saturated carbocycles. The van der Waals surface area contributed by atoms with E-state index in [1.54, 1.807) is 6.33 Å². The van der Waals surface area contributed by atoms with Crippen molar-refractivity contribution in [3.8, 4) is 0 Å². The first-order valence-electron chi connectivity index (χ1n) is 8.55. The minimum atomic E-state index is -0.123. The van der Waals surface area contributed by atoms with Gasteiger partial charge in [0, 0.05) is 32.2 Å². The first kappa shape index (κ1) is 16.2. The number of carbonyl (C=O) groups is 1. The van der Waals surface area contributed by atoms with Crippen LogP contribution in [0.15, 0.2) is 18.5 Å². The molecule has 0 aliphatic carbocycles. The molecule has 23 heavy (non-hydrogen) atoms. The Hall–Kier alpha value is -1.69. The predicted octanol–water partition coefficient (Wildman–Crippen LogP) is 1.99. The molecule has 2 aliphatic heterocycles. The molecule has 3 rings (SSSR count). The Labute approximate surface area is 137 Å². The van der Waals surface area contributed by atoms with E-state index in [2.05, 4.69) is 28.3 Å². The van der Waals surface area contributed by atoms with E-state index in [9.17, 15) is 4.79 Å². The fraction of sp³-hybridized carbons (Fsp3) is 0.706. The van der Waals surface area contributed by atoms with Crippen molar-refractivity contribution < 1.29 is 9.53 Å². The van der Waals surface area contributed by atoms with Crippen LogP contribution in [0.3, 0.4) is 0 Å². The Kier molecular flexibility index (Phi) is 4.80. The molecule has 2 saturated heterocycles. The maximum atomic E-state index is 12.9. The molecule has 0 aromatic carbocycles. The molecule has 0 N–H and O–H groups in total. The third-order valence-electron chi connectivity index (χ3n) is 4.98. The molecule has 1 aromatic rings. The molecule has 1 aromatic heterocycles. The lowest BCUT2D eigenvalue weighted by Gasteiger charge is -2.34. The average molecular weight is 318 g/mol. The van der Waals surface area contributed by atoms with Crippen molar-refractivity contribution in [1.29, 1.82) is 0 Å². The molecule has 6 nitrogen and oxygen atoms in total. The Morgan fingerprint density at radius 1 is 1.48 bits per heavy atom.